The molecule has 0 bridgehead atoms. The predicted octanol–water partition coefficient (Wildman–Crippen LogP) is 0.701. The van der Waals surface area contributed by atoms with Gasteiger partial charge in [-0.2, -0.15) is 16.9 Å². The fourth-order valence-corrected chi connectivity index (χ4v) is 2.99. The highest BCUT2D eigenvalue weighted by atomic mass is 32.2. The lowest BCUT2D eigenvalue weighted by Crippen LogP contribution is -2.18. The maximum absolute atomic E-state index is 12.6. The van der Waals surface area contributed by atoms with Crippen molar-refractivity contribution in [1.29, 1.82) is 0 Å². The molecule has 0 aliphatic heterocycles. The van der Waals surface area contributed by atoms with E-state index in [1.807, 2.05) is 6.07 Å². The van der Waals surface area contributed by atoms with Crippen LogP contribution in [0.25, 0.3) is 5.65 Å². The second kappa shape index (κ2) is 7.93. The van der Waals surface area contributed by atoms with Crippen molar-refractivity contribution in [1.82, 2.24) is 19.6 Å². The number of thioether (sulfide) groups is 1. The van der Waals surface area contributed by atoms with Crippen LogP contribution in [0.2, 0.25) is 0 Å². The zero-order chi connectivity index (χ0) is 18.5. The zero-order valence-electron chi connectivity index (χ0n) is 13.6. The Morgan fingerprint density at radius 3 is 2.85 bits per heavy atom. The van der Waals surface area contributed by atoms with E-state index in [0.29, 0.717) is 17.3 Å². The zero-order valence-corrected chi connectivity index (χ0v) is 14.4. The number of aliphatic hydroxyl groups excluding tert-OH is 1. The predicted molar refractivity (Wildman–Crippen MR) is 96.9 cm³/mol. The van der Waals surface area contributed by atoms with E-state index < -0.39 is 11.8 Å². The Morgan fingerprint density at radius 2 is 2.08 bits per heavy atom. The molecule has 4 N–H and O–H groups in total. The summed E-state index contributed by atoms with van der Waals surface area (Å²) in [6, 6.07) is 5.09. The summed E-state index contributed by atoms with van der Waals surface area (Å²) in [5, 5.41) is 15.6. The Bertz CT molecular complexity index is 958. The van der Waals surface area contributed by atoms with Crippen molar-refractivity contribution in [2.45, 2.75) is 5.75 Å². The SMILES string of the molecule is NC(=O)c1cnn2c(C(=O)Nc3cc(CSCCO)ccn3)ccnc12. The van der Waals surface area contributed by atoms with Crippen LogP contribution >= 0.6 is 11.8 Å². The van der Waals surface area contributed by atoms with Gasteiger partial charge in [0.05, 0.1) is 12.8 Å². The number of fused-ring (bicyclic) bond motifs is 1. The monoisotopic (exact) mass is 372 g/mol. The molecule has 3 heterocycles. The fraction of sp³-hybridized carbons (Fsp3) is 0.188. The molecule has 0 spiro atoms. The van der Waals surface area contributed by atoms with Crippen molar-refractivity contribution < 1.29 is 14.7 Å². The second-order valence-corrected chi connectivity index (χ2v) is 6.37. The number of primary amides is 1. The van der Waals surface area contributed by atoms with Crippen LogP contribution in [0, 0.1) is 0 Å². The van der Waals surface area contributed by atoms with Crippen LogP contribution < -0.4 is 11.1 Å². The first-order valence-corrected chi connectivity index (χ1v) is 8.83. The smallest absolute Gasteiger partial charge is 0.275 e. The minimum absolute atomic E-state index is 0.120. The first-order chi connectivity index (χ1) is 12.6. The van der Waals surface area contributed by atoms with E-state index in [2.05, 4.69) is 20.4 Å². The molecule has 3 aromatic rings. The van der Waals surface area contributed by atoms with E-state index in [1.165, 1.54) is 23.0 Å². The number of nitrogens with two attached hydrogens (primary N) is 1. The molecule has 9 nitrogen and oxygen atoms in total. The van der Waals surface area contributed by atoms with E-state index in [1.54, 1.807) is 24.0 Å². The van der Waals surface area contributed by atoms with Gasteiger partial charge in [-0.15, -0.1) is 0 Å². The number of hydrogen-bond donors (Lipinski definition) is 3. The lowest BCUT2D eigenvalue weighted by atomic mass is 10.3. The topological polar surface area (TPSA) is 136 Å². The third-order valence-electron chi connectivity index (χ3n) is 3.47. The summed E-state index contributed by atoms with van der Waals surface area (Å²) in [7, 11) is 0. The number of hydrogen-bond acceptors (Lipinski definition) is 7. The molecule has 0 atom stereocenters. The molecule has 0 saturated heterocycles. The minimum Gasteiger partial charge on any atom is -0.396 e. The molecule has 0 radical (unpaired) electrons. The van der Waals surface area contributed by atoms with E-state index in [4.69, 9.17) is 10.8 Å². The van der Waals surface area contributed by atoms with Gasteiger partial charge >= 0.3 is 0 Å². The second-order valence-electron chi connectivity index (χ2n) is 5.27. The number of carbonyl (C=O) groups excluding carboxylic acids is 2. The average molecular weight is 372 g/mol. The Morgan fingerprint density at radius 1 is 1.27 bits per heavy atom. The van der Waals surface area contributed by atoms with Crippen molar-refractivity contribution in [2.24, 2.45) is 5.73 Å². The number of carbonyl (C=O) groups is 2. The first-order valence-electron chi connectivity index (χ1n) is 7.67. The van der Waals surface area contributed by atoms with Gasteiger partial charge in [-0.1, -0.05) is 0 Å². The average Bonchev–Trinajstić information content (AvgIpc) is 3.06. The van der Waals surface area contributed by atoms with Crippen LogP contribution in [0.5, 0.6) is 0 Å². The van der Waals surface area contributed by atoms with Gasteiger partial charge in [-0.05, 0) is 23.8 Å². The number of nitrogens with one attached hydrogen (secondary N) is 1. The number of rotatable bonds is 7. The number of aromatic nitrogens is 4. The number of aliphatic hydroxyl groups is 1. The molecule has 0 aliphatic carbocycles. The summed E-state index contributed by atoms with van der Waals surface area (Å²) in [4.78, 5) is 32.2. The van der Waals surface area contributed by atoms with Crippen molar-refractivity contribution >= 4 is 35.0 Å². The van der Waals surface area contributed by atoms with Crippen LogP contribution in [0.3, 0.4) is 0 Å². The molecule has 0 aromatic carbocycles. The molecule has 0 saturated carbocycles. The van der Waals surface area contributed by atoms with Gasteiger partial charge in [-0.3, -0.25) is 9.59 Å². The Labute approximate surface area is 152 Å². The van der Waals surface area contributed by atoms with Crippen molar-refractivity contribution in [3.8, 4) is 0 Å². The molecular formula is C16H16N6O3S. The Balaban J connectivity index is 1.81. The molecule has 3 rings (SSSR count). The standard InChI is InChI=1S/C16H16N6O3S/c17-14(24)11-8-20-22-12(2-4-19-15(11)22)16(25)21-13-7-10(1-3-18-13)9-26-6-5-23/h1-4,7-8,23H,5-6,9H2,(H2,17,24)(H,18,21,25). The molecule has 3 aromatic heterocycles. The molecular weight excluding hydrogens is 356 g/mol. The normalized spacial score (nSPS) is 10.8. The number of amides is 2. The van der Waals surface area contributed by atoms with Crippen LogP contribution in [-0.2, 0) is 5.75 Å². The van der Waals surface area contributed by atoms with Crippen LogP contribution in [0.15, 0.2) is 36.8 Å². The first kappa shape index (κ1) is 17.8. The van der Waals surface area contributed by atoms with Gasteiger partial charge in [0, 0.05) is 23.9 Å². The van der Waals surface area contributed by atoms with Crippen molar-refractivity contribution in [2.75, 3.05) is 17.7 Å². The van der Waals surface area contributed by atoms with Gasteiger partial charge in [0.2, 0.25) is 0 Å². The fourth-order valence-electron chi connectivity index (χ4n) is 2.30. The molecule has 2 amide bonds. The highest BCUT2D eigenvalue weighted by Crippen LogP contribution is 2.16. The summed E-state index contributed by atoms with van der Waals surface area (Å²) >= 11 is 1.58. The molecule has 0 aliphatic rings. The maximum Gasteiger partial charge on any atom is 0.275 e. The summed E-state index contributed by atoms with van der Waals surface area (Å²) in [6.45, 7) is 0.120. The van der Waals surface area contributed by atoms with E-state index >= 15 is 0 Å². The quantitative estimate of drug-likeness (QED) is 0.519. The summed E-state index contributed by atoms with van der Waals surface area (Å²) in [5.74, 6) is 0.626. The maximum atomic E-state index is 12.6. The lowest BCUT2D eigenvalue weighted by Gasteiger charge is -2.07. The molecule has 134 valence electrons. The number of nitrogens with zero attached hydrogens (tertiary/aromatic N) is 4. The van der Waals surface area contributed by atoms with Crippen LogP contribution in [-0.4, -0.2) is 48.9 Å². The number of anilines is 1. The van der Waals surface area contributed by atoms with E-state index in [-0.39, 0.29) is 23.5 Å². The third-order valence-corrected chi connectivity index (χ3v) is 4.48. The highest BCUT2D eigenvalue weighted by molar-refractivity contribution is 7.98. The Kier molecular flexibility index (Phi) is 5.44. The Hall–Kier alpha value is -2.98. The van der Waals surface area contributed by atoms with E-state index in [9.17, 15) is 9.59 Å². The van der Waals surface area contributed by atoms with Gasteiger partial charge in [-0.25, -0.2) is 14.5 Å². The van der Waals surface area contributed by atoms with Crippen LogP contribution in [0.1, 0.15) is 26.4 Å². The minimum atomic E-state index is -0.667. The molecule has 0 unspecified atom stereocenters. The van der Waals surface area contributed by atoms with Gasteiger partial charge in [0.1, 0.15) is 17.1 Å². The summed E-state index contributed by atoms with van der Waals surface area (Å²) < 4.78 is 1.26. The van der Waals surface area contributed by atoms with Gasteiger partial charge in [0.15, 0.2) is 5.65 Å². The van der Waals surface area contributed by atoms with Gasteiger partial charge < -0.3 is 16.2 Å². The third kappa shape index (κ3) is 3.81. The number of pyridine rings is 1. The van der Waals surface area contributed by atoms with E-state index in [0.717, 1.165) is 5.56 Å². The molecule has 26 heavy (non-hydrogen) atoms. The molecule has 10 heteroatoms. The highest BCUT2D eigenvalue weighted by Gasteiger charge is 2.17. The lowest BCUT2D eigenvalue weighted by molar-refractivity contribution is 0.0996. The van der Waals surface area contributed by atoms with Crippen molar-refractivity contribution in [3.05, 3.63) is 53.6 Å². The van der Waals surface area contributed by atoms with Crippen LogP contribution in [0.4, 0.5) is 5.82 Å². The summed E-state index contributed by atoms with van der Waals surface area (Å²) in [6.07, 6.45) is 4.29. The largest absolute Gasteiger partial charge is 0.396 e. The summed E-state index contributed by atoms with van der Waals surface area (Å²) in [5.41, 5.74) is 6.81. The van der Waals surface area contributed by atoms with Gasteiger partial charge in [0.25, 0.3) is 11.8 Å². The van der Waals surface area contributed by atoms with Crippen molar-refractivity contribution in [3.63, 3.8) is 0 Å². The molecule has 0 fully saturated rings.